The first kappa shape index (κ1) is 21.1. The number of rotatable bonds is 10. The van der Waals surface area contributed by atoms with Gasteiger partial charge in [-0.05, 0) is 66.2 Å². The van der Waals surface area contributed by atoms with Crippen molar-refractivity contribution in [3.05, 3.63) is 12.2 Å². The predicted molar refractivity (Wildman–Crippen MR) is 99.9 cm³/mol. The van der Waals surface area contributed by atoms with Crippen LogP contribution in [0.25, 0.3) is 0 Å². The van der Waals surface area contributed by atoms with Gasteiger partial charge in [0.1, 0.15) is 11.2 Å². The monoisotopic (exact) mass is 366 g/mol. The highest BCUT2D eigenvalue weighted by atomic mass is 16.6. The Morgan fingerprint density at radius 2 is 2.04 bits per heavy atom. The van der Waals surface area contributed by atoms with Gasteiger partial charge in [0.25, 0.3) is 0 Å². The first-order chi connectivity index (χ1) is 12.2. The molecule has 2 saturated heterocycles. The molecule has 4 atom stereocenters. The van der Waals surface area contributed by atoms with Gasteiger partial charge in [-0.2, -0.15) is 0 Å². The number of hydrogen-bond acceptors (Lipinski definition) is 5. The summed E-state index contributed by atoms with van der Waals surface area (Å²) in [5, 5.41) is 0. The molecular weight excluding hydrogens is 332 g/mol. The zero-order valence-electron chi connectivity index (χ0n) is 16.8. The van der Waals surface area contributed by atoms with E-state index in [1.54, 1.807) is 13.8 Å². The van der Waals surface area contributed by atoms with Gasteiger partial charge in [-0.1, -0.05) is 5.57 Å². The normalized spacial score (nSPS) is 29.8. The lowest BCUT2D eigenvalue weighted by Crippen LogP contribution is -2.47. The second kappa shape index (κ2) is 8.66. The highest BCUT2D eigenvalue weighted by Gasteiger charge is 2.47. The van der Waals surface area contributed by atoms with E-state index in [9.17, 15) is 9.59 Å². The zero-order chi connectivity index (χ0) is 19.4. The summed E-state index contributed by atoms with van der Waals surface area (Å²) in [5.74, 6) is -0.482. The molecule has 0 aliphatic carbocycles. The second-order valence-corrected chi connectivity index (χ2v) is 8.23. The van der Waals surface area contributed by atoms with Crippen molar-refractivity contribution in [2.75, 3.05) is 13.2 Å². The van der Waals surface area contributed by atoms with Crippen LogP contribution in [0.2, 0.25) is 0 Å². The van der Waals surface area contributed by atoms with Gasteiger partial charge in [-0.3, -0.25) is 9.59 Å². The van der Waals surface area contributed by atoms with Crippen molar-refractivity contribution in [2.45, 2.75) is 90.4 Å². The molecule has 0 spiro atoms. The van der Waals surface area contributed by atoms with Crippen molar-refractivity contribution in [3.63, 3.8) is 0 Å². The fraction of sp³-hybridized carbons (Fsp3) is 0.810. The van der Waals surface area contributed by atoms with Crippen molar-refractivity contribution in [2.24, 2.45) is 5.41 Å². The van der Waals surface area contributed by atoms with Gasteiger partial charge in [-0.25, -0.2) is 0 Å². The molecule has 2 aliphatic rings. The second-order valence-electron chi connectivity index (χ2n) is 8.23. The summed E-state index contributed by atoms with van der Waals surface area (Å²) in [6, 6.07) is 0. The number of hydrogen-bond donors (Lipinski definition) is 0. The zero-order valence-corrected chi connectivity index (χ0v) is 16.8. The molecule has 0 aromatic rings. The fourth-order valence-corrected chi connectivity index (χ4v) is 3.93. The molecule has 26 heavy (non-hydrogen) atoms. The smallest absolute Gasteiger partial charge is 0.319 e. The molecular formula is C21H34O5. The summed E-state index contributed by atoms with van der Waals surface area (Å²) in [7, 11) is 0. The molecule has 2 aliphatic heterocycles. The number of carbonyl (C=O) groups is 2. The molecule has 2 heterocycles. The molecule has 148 valence electrons. The minimum absolute atomic E-state index is 0.0640. The van der Waals surface area contributed by atoms with E-state index < -0.39 is 11.4 Å². The van der Waals surface area contributed by atoms with Crippen LogP contribution in [-0.2, 0) is 23.8 Å². The Bertz CT molecular complexity index is 543. The minimum Gasteiger partial charge on any atom is -0.465 e. The number of carbonyl (C=O) groups excluding carboxylic acids is 2. The lowest BCUT2D eigenvalue weighted by atomic mass is 9.77. The lowest BCUT2D eigenvalue weighted by Gasteiger charge is -2.40. The number of esters is 1. The van der Waals surface area contributed by atoms with Crippen LogP contribution < -0.4 is 0 Å². The van der Waals surface area contributed by atoms with E-state index in [0.29, 0.717) is 25.9 Å². The largest absolute Gasteiger partial charge is 0.465 e. The molecule has 0 aromatic heterocycles. The highest BCUT2D eigenvalue weighted by molar-refractivity contribution is 6.03. The molecule has 2 fully saturated rings. The van der Waals surface area contributed by atoms with Crippen LogP contribution in [0.3, 0.4) is 0 Å². The fourth-order valence-electron chi connectivity index (χ4n) is 3.93. The van der Waals surface area contributed by atoms with E-state index in [0.717, 1.165) is 31.3 Å². The van der Waals surface area contributed by atoms with Crippen molar-refractivity contribution >= 4 is 11.8 Å². The van der Waals surface area contributed by atoms with Gasteiger partial charge in [-0.15, -0.1) is 6.58 Å². The topological polar surface area (TPSA) is 61.8 Å². The van der Waals surface area contributed by atoms with Crippen LogP contribution in [0.1, 0.15) is 72.6 Å². The summed E-state index contributed by atoms with van der Waals surface area (Å²) >= 11 is 0. The molecule has 0 aromatic carbocycles. The third-order valence-electron chi connectivity index (χ3n) is 5.86. The van der Waals surface area contributed by atoms with E-state index in [4.69, 9.17) is 14.2 Å². The molecule has 2 bridgehead atoms. The Labute approximate surface area is 157 Å². The van der Waals surface area contributed by atoms with Crippen molar-refractivity contribution in [1.82, 2.24) is 0 Å². The Hall–Kier alpha value is -1.20. The minimum atomic E-state index is -1.10. The standard InChI is InChI=1S/C21H34O5/c1-6-24-19(23)20(4,17(22)10-8-15(2)3)12-7-13-21(5)18-11-9-16(26-18)14-25-21/h16,18H,2,6-14H2,1,3-5H3. The van der Waals surface area contributed by atoms with Gasteiger partial charge in [0.15, 0.2) is 0 Å². The summed E-state index contributed by atoms with van der Waals surface area (Å²) < 4.78 is 17.3. The van der Waals surface area contributed by atoms with Gasteiger partial charge in [0.2, 0.25) is 0 Å². The van der Waals surface area contributed by atoms with Crippen LogP contribution >= 0.6 is 0 Å². The molecule has 5 heteroatoms. The highest BCUT2D eigenvalue weighted by Crippen LogP contribution is 2.40. The maximum absolute atomic E-state index is 12.8. The maximum atomic E-state index is 12.8. The van der Waals surface area contributed by atoms with E-state index in [-0.39, 0.29) is 30.2 Å². The van der Waals surface area contributed by atoms with Gasteiger partial charge >= 0.3 is 5.97 Å². The summed E-state index contributed by atoms with van der Waals surface area (Å²) in [4.78, 5) is 25.3. The third-order valence-corrected chi connectivity index (χ3v) is 5.86. The molecule has 0 N–H and O–H groups in total. The molecule has 0 radical (unpaired) electrons. The molecule has 5 nitrogen and oxygen atoms in total. The van der Waals surface area contributed by atoms with E-state index in [1.807, 2.05) is 6.92 Å². The average Bonchev–Trinajstić information content (AvgIpc) is 3.02. The van der Waals surface area contributed by atoms with Crippen LogP contribution in [0.15, 0.2) is 12.2 Å². The van der Waals surface area contributed by atoms with Crippen molar-refractivity contribution in [3.8, 4) is 0 Å². The summed E-state index contributed by atoms with van der Waals surface area (Å²) in [5.41, 5.74) is -0.487. The first-order valence-electron chi connectivity index (χ1n) is 9.85. The van der Waals surface area contributed by atoms with Crippen LogP contribution in [0, 0.1) is 5.41 Å². The SMILES string of the molecule is C=C(C)CCC(=O)C(C)(CCCC1(C)OCC2CCC1O2)C(=O)OCC. The number of fused-ring (bicyclic) bond motifs is 2. The average molecular weight is 366 g/mol. The number of Topliss-reactive ketones (excluding diaryl/α,β-unsaturated/α-hetero) is 1. The van der Waals surface area contributed by atoms with Gasteiger partial charge in [0.05, 0.1) is 31.0 Å². The van der Waals surface area contributed by atoms with E-state index >= 15 is 0 Å². The molecule has 2 rings (SSSR count). The van der Waals surface area contributed by atoms with Crippen LogP contribution in [0.4, 0.5) is 0 Å². The Kier molecular flexibility index (Phi) is 7.03. The number of allylic oxidation sites excluding steroid dienone is 1. The lowest BCUT2D eigenvalue weighted by molar-refractivity contribution is -0.201. The van der Waals surface area contributed by atoms with Crippen LogP contribution in [0.5, 0.6) is 0 Å². The molecule has 0 amide bonds. The summed E-state index contributed by atoms with van der Waals surface area (Å²) in [6.45, 7) is 12.2. The quantitative estimate of drug-likeness (QED) is 0.332. The summed E-state index contributed by atoms with van der Waals surface area (Å²) in [6.07, 6.45) is 5.32. The number of ketones is 1. The van der Waals surface area contributed by atoms with Gasteiger partial charge in [0, 0.05) is 6.42 Å². The van der Waals surface area contributed by atoms with Gasteiger partial charge < -0.3 is 14.2 Å². The predicted octanol–water partition coefficient (Wildman–Crippen LogP) is 3.99. The maximum Gasteiger partial charge on any atom is 0.319 e. The third kappa shape index (κ3) is 4.74. The molecule has 0 saturated carbocycles. The van der Waals surface area contributed by atoms with Crippen molar-refractivity contribution in [1.29, 1.82) is 0 Å². The Balaban J connectivity index is 1.98. The molecule has 4 unspecified atom stereocenters. The van der Waals surface area contributed by atoms with Crippen molar-refractivity contribution < 1.29 is 23.8 Å². The van der Waals surface area contributed by atoms with E-state index in [2.05, 4.69) is 13.5 Å². The Morgan fingerprint density at radius 1 is 1.31 bits per heavy atom. The first-order valence-corrected chi connectivity index (χ1v) is 9.85. The Morgan fingerprint density at radius 3 is 2.69 bits per heavy atom. The number of ether oxygens (including phenoxy) is 3. The van der Waals surface area contributed by atoms with Crippen LogP contribution in [-0.4, -0.2) is 42.8 Å². The van der Waals surface area contributed by atoms with E-state index in [1.165, 1.54) is 0 Å².